The fourth-order valence-corrected chi connectivity index (χ4v) is 3.66. The van der Waals surface area contributed by atoms with Crippen LogP contribution in [0.3, 0.4) is 0 Å². The van der Waals surface area contributed by atoms with Gasteiger partial charge in [0.1, 0.15) is 5.52 Å². The van der Waals surface area contributed by atoms with E-state index in [4.69, 9.17) is 4.42 Å². The third kappa shape index (κ3) is 4.38. The van der Waals surface area contributed by atoms with E-state index in [0.717, 1.165) is 0 Å². The fraction of sp³-hybridized carbons (Fsp3) is 0.333. The predicted octanol–water partition coefficient (Wildman–Crippen LogP) is 5.89. The van der Waals surface area contributed by atoms with Crippen LogP contribution >= 0.6 is 0 Å². The zero-order chi connectivity index (χ0) is 22.4. The maximum atomic E-state index is 13.1. The first-order valence-corrected chi connectivity index (χ1v) is 9.46. The summed E-state index contributed by atoms with van der Waals surface area (Å²) in [4.78, 5) is 18.4. The number of carbonyl (C=O) groups excluding carboxylic acids is 1. The van der Waals surface area contributed by atoms with Crippen molar-refractivity contribution in [2.24, 2.45) is 0 Å². The molecule has 1 aliphatic rings. The van der Waals surface area contributed by atoms with Crippen LogP contribution in [-0.2, 0) is 12.4 Å². The van der Waals surface area contributed by atoms with Crippen LogP contribution in [0.25, 0.3) is 11.1 Å². The zero-order valence-electron chi connectivity index (χ0n) is 15.9. The van der Waals surface area contributed by atoms with Gasteiger partial charge in [0.05, 0.1) is 11.1 Å². The van der Waals surface area contributed by atoms with Crippen molar-refractivity contribution in [1.29, 1.82) is 0 Å². The van der Waals surface area contributed by atoms with E-state index in [0.29, 0.717) is 42.0 Å². The largest absolute Gasteiger partial charge is 0.440 e. The Bertz CT molecular complexity index is 1050. The number of likely N-dealkylation sites (tertiary alicyclic amines) is 1. The molecule has 1 saturated heterocycles. The summed E-state index contributed by atoms with van der Waals surface area (Å²) in [7, 11) is 0. The lowest BCUT2D eigenvalue weighted by Crippen LogP contribution is -2.38. The van der Waals surface area contributed by atoms with Crippen molar-refractivity contribution >= 4 is 17.0 Å². The molecule has 31 heavy (non-hydrogen) atoms. The molecule has 0 bridgehead atoms. The van der Waals surface area contributed by atoms with Crippen LogP contribution in [0.15, 0.2) is 46.9 Å². The van der Waals surface area contributed by atoms with Crippen LogP contribution in [0, 0.1) is 0 Å². The summed E-state index contributed by atoms with van der Waals surface area (Å²) in [5, 5.41) is 0. The Morgan fingerprint density at radius 3 is 2.06 bits per heavy atom. The first kappa shape index (κ1) is 21.2. The number of hydrogen-bond donors (Lipinski definition) is 0. The maximum Gasteiger partial charge on any atom is 0.416 e. The van der Waals surface area contributed by atoms with Gasteiger partial charge >= 0.3 is 12.4 Å². The summed E-state index contributed by atoms with van der Waals surface area (Å²) in [6.45, 7) is 0.333. The highest BCUT2D eigenvalue weighted by molar-refractivity contribution is 5.94. The van der Waals surface area contributed by atoms with Crippen LogP contribution < -0.4 is 0 Å². The summed E-state index contributed by atoms with van der Waals surface area (Å²) in [6, 6.07) is 8.14. The molecule has 1 aliphatic heterocycles. The Hall–Kier alpha value is -3.04. The molecule has 0 aliphatic carbocycles. The highest BCUT2D eigenvalue weighted by Gasteiger charge is 2.38. The number of alkyl halides is 6. The first-order chi connectivity index (χ1) is 14.5. The second kappa shape index (κ2) is 7.58. The summed E-state index contributed by atoms with van der Waals surface area (Å²) >= 11 is 0. The summed E-state index contributed by atoms with van der Waals surface area (Å²) in [5.74, 6) is -0.456. The smallest absolute Gasteiger partial charge is 0.416 e. The Morgan fingerprint density at radius 1 is 0.935 bits per heavy atom. The molecule has 0 N–H and O–H groups in total. The minimum Gasteiger partial charge on any atom is -0.440 e. The molecule has 3 aromatic rings. The minimum absolute atomic E-state index is 0.0102. The number of piperidine rings is 1. The van der Waals surface area contributed by atoms with Gasteiger partial charge in [-0.3, -0.25) is 4.79 Å². The maximum absolute atomic E-state index is 13.1. The van der Waals surface area contributed by atoms with Gasteiger partial charge in [0.15, 0.2) is 11.5 Å². The number of benzene rings is 2. The number of fused-ring (bicyclic) bond motifs is 1. The average molecular weight is 442 g/mol. The molecular formula is C21H16F6N2O2. The lowest BCUT2D eigenvalue weighted by atomic mass is 9.95. The molecule has 2 heterocycles. The van der Waals surface area contributed by atoms with Crippen LogP contribution in [0.2, 0.25) is 0 Å². The van der Waals surface area contributed by atoms with Gasteiger partial charge in [0, 0.05) is 24.6 Å². The summed E-state index contributed by atoms with van der Waals surface area (Å²) < 4.78 is 84.1. The van der Waals surface area contributed by atoms with E-state index in [-0.39, 0.29) is 25.1 Å². The molecule has 0 radical (unpaired) electrons. The van der Waals surface area contributed by atoms with Crippen molar-refractivity contribution in [3.05, 3.63) is 65.0 Å². The van der Waals surface area contributed by atoms with Gasteiger partial charge in [-0.1, -0.05) is 12.1 Å². The molecule has 164 valence electrons. The lowest BCUT2D eigenvalue weighted by Gasteiger charge is -2.31. The fourth-order valence-electron chi connectivity index (χ4n) is 3.66. The molecule has 2 aromatic carbocycles. The number of para-hydroxylation sites is 2. The molecule has 1 aromatic heterocycles. The van der Waals surface area contributed by atoms with E-state index in [1.165, 1.54) is 4.90 Å². The molecule has 0 spiro atoms. The Morgan fingerprint density at radius 2 is 1.52 bits per heavy atom. The second-order valence-corrected chi connectivity index (χ2v) is 7.38. The highest BCUT2D eigenvalue weighted by Crippen LogP contribution is 2.37. The summed E-state index contributed by atoms with van der Waals surface area (Å²) in [5.41, 5.74) is -2.33. The predicted molar refractivity (Wildman–Crippen MR) is 98.3 cm³/mol. The van der Waals surface area contributed by atoms with Crippen molar-refractivity contribution in [2.75, 3.05) is 13.1 Å². The van der Waals surface area contributed by atoms with Crippen LogP contribution in [0.1, 0.15) is 46.1 Å². The number of carbonyl (C=O) groups is 1. The van der Waals surface area contributed by atoms with Crippen LogP contribution in [0.5, 0.6) is 0 Å². The quantitative estimate of drug-likeness (QED) is 0.466. The van der Waals surface area contributed by atoms with Gasteiger partial charge < -0.3 is 9.32 Å². The SMILES string of the molecule is O=C(c1cc(C(F)(F)F)cc(C(F)(F)F)c1)N1CCC(c2nc3ccccc3o2)CC1. The van der Waals surface area contributed by atoms with Gasteiger partial charge in [-0.2, -0.15) is 26.3 Å². The number of oxazole rings is 1. The van der Waals surface area contributed by atoms with Crippen molar-refractivity contribution in [3.8, 4) is 0 Å². The number of rotatable bonds is 2. The molecule has 4 nitrogen and oxygen atoms in total. The average Bonchev–Trinajstić information content (AvgIpc) is 3.16. The van der Waals surface area contributed by atoms with E-state index in [2.05, 4.69) is 4.98 Å². The second-order valence-electron chi connectivity index (χ2n) is 7.38. The monoisotopic (exact) mass is 442 g/mol. The number of hydrogen-bond acceptors (Lipinski definition) is 3. The topological polar surface area (TPSA) is 46.3 Å². The lowest BCUT2D eigenvalue weighted by molar-refractivity contribution is -0.143. The number of amides is 1. The van der Waals surface area contributed by atoms with Crippen molar-refractivity contribution in [2.45, 2.75) is 31.1 Å². The van der Waals surface area contributed by atoms with Gasteiger partial charge in [-0.25, -0.2) is 4.98 Å². The minimum atomic E-state index is -5.00. The third-order valence-electron chi connectivity index (χ3n) is 5.28. The van der Waals surface area contributed by atoms with E-state index in [9.17, 15) is 31.1 Å². The molecule has 1 fully saturated rings. The Labute approximate surface area is 172 Å². The van der Waals surface area contributed by atoms with Crippen molar-refractivity contribution in [3.63, 3.8) is 0 Å². The zero-order valence-corrected chi connectivity index (χ0v) is 15.9. The highest BCUT2D eigenvalue weighted by atomic mass is 19.4. The number of nitrogens with zero attached hydrogens (tertiary/aromatic N) is 2. The molecule has 10 heteroatoms. The molecule has 4 rings (SSSR count). The molecule has 0 atom stereocenters. The van der Waals surface area contributed by atoms with Gasteiger partial charge in [0.25, 0.3) is 5.91 Å². The van der Waals surface area contributed by atoms with E-state index >= 15 is 0 Å². The molecule has 0 unspecified atom stereocenters. The summed E-state index contributed by atoms with van der Waals surface area (Å²) in [6.07, 6.45) is -9.14. The van der Waals surface area contributed by atoms with Gasteiger partial charge in [-0.15, -0.1) is 0 Å². The van der Waals surface area contributed by atoms with Crippen LogP contribution in [-0.4, -0.2) is 28.9 Å². The van der Waals surface area contributed by atoms with E-state index < -0.39 is 35.0 Å². The van der Waals surface area contributed by atoms with E-state index in [1.54, 1.807) is 12.1 Å². The Kier molecular flexibility index (Phi) is 5.18. The number of halogens is 6. The Balaban J connectivity index is 1.53. The first-order valence-electron chi connectivity index (χ1n) is 9.46. The van der Waals surface area contributed by atoms with Crippen LogP contribution in [0.4, 0.5) is 26.3 Å². The van der Waals surface area contributed by atoms with Crippen molar-refractivity contribution in [1.82, 2.24) is 9.88 Å². The molecular weight excluding hydrogens is 426 g/mol. The van der Waals surface area contributed by atoms with E-state index in [1.807, 2.05) is 12.1 Å². The molecule has 1 amide bonds. The van der Waals surface area contributed by atoms with Gasteiger partial charge in [0.2, 0.25) is 0 Å². The van der Waals surface area contributed by atoms with Crippen molar-refractivity contribution < 1.29 is 35.6 Å². The number of aromatic nitrogens is 1. The standard InChI is InChI=1S/C21H16F6N2O2/c22-20(23,24)14-9-13(10-15(11-14)21(25,26)27)19(30)29-7-5-12(6-8-29)18-28-16-3-1-2-4-17(16)31-18/h1-4,9-12H,5-8H2. The normalized spacial score (nSPS) is 16.1. The molecule has 0 saturated carbocycles. The third-order valence-corrected chi connectivity index (χ3v) is 5.28. The van der Waals surface area contributed by atoms with Gasteiger partial charge in [-0.05, 0) is 43.2 Å².